The Balaban J connectivity index is 2.48. The largest absolute Gasteiger partial charge is 0.120 e. The van der Waals surface area contributed by atoms with Crippen LogP contribution in [0.2, 0.25) is 0 Å². The Kier molecular flexibility index (Phi) is 4.30. The first-order valence-electron chi connectivity index (χ1n) is 6.11. The molecule has 1 aliphatic carbocycles. The van der Waals surface area contributed by atoms with Gasteiger partial charge in [-0.2, -0.15) is 0 Å². The van der Waals surface area contributed by atoms with Gasteiger partial charge in [0.05, 0.1) is 0 Å². The molecule has 1 fully saturated rings. The third-order valence-corrected chi connectivity index (χ3v) is 3.95. The van der Waals surface area contributed by atoms with Crippen LogP contribution in [0.3, 0.4) is 0 Å². The van der Waals surface area contributed by atoms with E-state index in [9.17, 15) is 0 Å². The maximum Gasteiger partial charge on any atom is 0.0393 e. The zero-order chi connectivity index (χ0) is 10.8. The summed E-state index contributed by atoms with van der Waals surface area (Å²) in [5.41, 5.74) is 0. The Morgan fingerprint density at radius 3 is 2.43 bits per heavy atom. The summed E-state index contributed by atoms with van der Waals surface area (Å²) in [4.78, 5) is -0.00540. The van der Waals surface area contributed by atoms with Crippen molar-refractivity contribution in [2.45, 2.75) is 64.7 Å². The second-order valence-electron chi connectivity index (χ2n) is 5.75. The van der Waals surface area contributed by atoms with Crippen molar-refractivity contribution in [2.24, 2.45) is 17.8 Å². The fourth-order valence-electron chi connectivity index (χ4n) is 2.79. The predicted octanol–water partition coefficient (Wildman–Crippen LogP) is 4.86. The van der Waals surface area contributed by atoms with Gasteiger partial charge in [-0.05, 0) is 44.4 Å². The summed E-state index contributed by atoms with van der Waals surface area (Å²) in [6.45, 7) is 9.02. The SMILES string of the molecule is CCC1CCC(C)C(CC(C)(C)Cl)C1. The zero-order valence-electron chi connectivity index (χ0n) is 10.1. The molecule has 1 saturated carbocycles. The van der Waals surface area contributed by atoms with Crippen molar-refractivity contribution in [3.05, 3.63) is 0 Å². The molecular formula is C13H25Cl. The lowest BCUT2D eigenvalue weighted by Gasteiger charge is -2.36. The van der Waals surface area contributed by atoms with Gasteiger partial charge in [-0.25, -0.2) is 0 Å². The molecule has 0 nitrogen and oxygen atoms in total. The molecule has 3 atom stereocenters. The predicted molar refractivity (Wildman–Crippen MR) is 64.8 cm³/mol. The van der Waals surface area contributed by atoms with Gasteiger partial charge in [0.15, 0.2) is 0 Å². The van der Waals surface area contributed by atoms with Crippen molar-refractivity contribution in [3.8, 4) is 0 Å². The number of alkyl halides is 1. The summed E-state index contributed by atoms with van der Waals surface area (Å²) in [5, 5.41) is 0. The minimum atomic E-state index is -0.00540. The van der Waals surface area contributed by atoms with Crippen molar-refractivity contribution < 1.29 is 0 Å². The van der Waals surface area contributed by atoms with Gasteiger partial charge in [0, 0.05) is 4.87 Å². The van der Waals surface area contributed by atoms with Gasteiger partial charge in [-0.1, -0.05) is 33.1 Å². The normalized spacial score (nSPS) is 34.5. The second kappa shape index (κ2) is 4.88. The summed E-state index contributed by atoms with van der Waals surface area (Å²) in [6, 6.07) is 0. The van der Waals surface area contributed by atoms with E-state index in [0.29, 0.717) is 0 Å². The van der Waals surface area contributed by atoms with E-state index in [0.717, 1.165) is 17.8 Å². The molecule has 84 valence electrons. The first-order valence-corrected chi connectivity index (χ1v) is 6.49. The molecule has 14 heavy (non-hydrogen) atoms. The highest BCUT2D eigenvalue weighted by Gasteiger charge is 2.30. The summed E-state index contributed by atoms with van der Waals surface area (Å²) in [6.07, 6.45) is 6.80. The van der Waals surface area contributed by atoms with E-state index < -0.39 is 0 Å². The first kappa shape index (κ1) is 12.4. The topological polar surface area (TPSA) is 0 Å². The van der Waals surface area contributed by atoms with E-state index in [2.05, 4.69) is 27.7 Å². The van der Waals surface area contributed by atoms with Gasteiger partial charge in [0.2, 0.25) is 0 Å². The molecule has 0 heterocycles. The van der Waals surface area contributed by atoms with Crippen LogP contribution in [0.5, 0.6) is 0 Å². The number of rotatable bonds is 3. The zero-order valence-corrected chi connectivity index (χ0v) is 10.9. The monoisotopic (exact) mass is 216 g/mol. The lowest BCUT2D eigenvalue weighted by atomic mass is 9.71. The van der Waals surface area contributed by atoms with Crippen LogP contribution in [0.1, 0.15) is 59.8 Å². The Labute approximate surface area is 94.4 Å². The average molecular weight is 217 g/mol. The average Bonchev–Trinajstić information content (AvgIpc) is 2.06. The van der Waals surface area contributed by atoms with E-state index in [4.69, 9.17) is 11.6 Å². The molecule has 0 aromatic carbocycles. The van der Waals surface area contributed by atoms with E-state index in [1.807, 2.05) is 0 Å². The molecule has 0 aliphatic heterocycles. The van der Waals surface area contributed by atoms with E-state index in [-0.39, 0.29) is 4.87 Å². The molecule has 1 aliphatic rings. The standard InChI is InChI=1S/C13H25Cl/c1-5-11-7-6-10(2)12(8-11)9-13(3,4)14/h10-12H,5-9H2,1-4H3. The summed E-state index contributed by atoms with van der Waals surface area (Å²) in [5.74, 6) is 2.72. The van der Waals surface area contributed by atoms with E-state index in [1.54, 1.807) is 0 Å². The van der Waals surface area contributed by atoms with Gasteiger partial charge in [0.25, 0.3) is 0 Å². The maximum atomic E-state index is 6.32. The minimum Gasteiger partial charge on any atom is -0.120 e. The van der Waals surface area contributed by atoms with Crippen molar-refractivity contribution in [1.82, 2.24) is 0 Å². The van der Waals surface area contributed by atoms with E-state index in [1.165, 1.54) is 32.1 Å². The van der Waals surface area contributed by atoms with Crippen LogP contribution < -0.4 is 0 Å². The molecule has 0 radical (unpaired) electrons. The van der Waals surface area contributed by atoms with Crippen LogP contribution in [0, 0.1) is 17.8 Å². The Morgan fingerprint density at radius 1 is 1.29 bits per heavy atom. The molecule has 0 spiro atoms. The maximum absolute atomic E-state index is 6.32. The Hall–Kier alpha value is 0.290. The summed E-state index contributed by atoms with van der Waals surface area (Å²) < 4.78 is 0. The quantitative estimate of drug-likeness (QED) is 0.592. The number of hydrogen-bond donors (Lipinski definition) is 0. The van der Waals surface area contributed by atoms with E-state index >= 15 is 0 Å². The highest BCUT2D eigenvalue weighted by molar-refractivity contribution is 6.23. The van der Waals surface area contributed by atoms with Crippen LogP contribution in [-0.2, 0) is 0 Å². The molecular weight excluding hydrogens is 192 g/mol. The summed E-state index contributed by atoms with van der Waals surface area (Å²) in [7, 11) is 0. The van der Waals surface area contributed by atoms with Crippen LogP contribution >= 0.6 is 11.6 Å². The minimum absolute atomic E-state index is 0.00540. The fraction of sp³-hybridized carbons (Fsp3) is 1.00. The Bertz CT molecular complexity index is 169. The van der Waals surface area contributed by atoms with Crippen molar-refractivity contribution in [2.75, 3.05) is 0 Å². The molecule has 0 aromatic heterocycles. The van der Waals surface area contributed by atoms with Gasteiger partial charge in [0.1, 0.15) is 0 Å². The highest BCUT2D eigenvalue weighted by Crippen LogP contribution is 2.40. The number of halogens is 1. The smallest absolute Gasteiger partial charge is 0.0393 e. The van der Waals surface area contributed by atoms with Crippen molar-refractivity contribution in [3.63, 3.8) is 0 Å². The summed E-state index contributed by atoms with van der Waals surface area (Å²) >= 11 is 6.32. The molecule has 0 aromatic rings. The lowest BCUT2D eigenvalue weighted by Crippen LogP contribution is -2.28. The van der Waals surface area contributed by atoms with Crippen molar-refractivity contribution >= 4 is 11.6 Å². The molecule has 0 N–H and O–H groups in total. The third kappa shape index (κ3) is 3.81. The molecule has 1 heteroatoms. The van der Waals surface area contributed by atoms with Gasteiger partial charge >= 0.3 is 0 Å². The van der Waals surface area contributed by atoms with Gasteiger partial charge in [-0.15, -0.1) is 11.6 Å². The fourth-order valence-corrected chi connectivity index (χ4v) is 2.99. The van der Waals surface area contributed by atoms with Crippen LogP contribution in [0.25, 0.3) is 0 Å². The Morgan fingerprint density at radius 2 is 1.93 bits per heavy atom. The van der Waals surface area contributed by atoms with Gasteiger partial charge in [-0.3, -0.25) is 0 Å². The van der Waals surface area contributed by atoms with Crippen molar-refractivity contribution in [1.29, 1.82) is 0 Å². The highest BCUT2D eigenvalue weighted by atomic mass is 35.5. The molecule has 1 rings (SSSR count). The van der Waals surface area contributed by atoms with Crippen LogP contribution in [0.4, 0.5) is 0 Å². The molecule has 3 unspecified atom stereocenters. The molecule has 0 saturated heterocycles. The third-order valence-electron chi connectivity index (χ3n) is 3.80. The first-order chi connectivity index (χ1) is 6.42. The van der Waals surface area contributed by atoms with Gasteiger partial charge < -0.3 is 0 Å². The second-order valence-corrected chi connectivity index (χ2v) is 6.77. The molecule has 0 amide bonds. The molecule has 0 bridgehead atoms. The van der Waals surface area contributed by atoms with Crippen LogP contribution in [0.15, 0.2) is 0 Å². The van der Waals surface area contributed by atoms with Crippen LogP contribution in [-0.4, -0.2) is 4.87 Å². The lowest BCUT2D eigenvalue weighted by molar-refractivity contribution is 0.169. The number of hydrogen-bond acceptors (Lipinski definition) is 0.